The van der Waals surface area contributed by atoms with Gasteiger partial charge in [-0.25, -0.2) is 18.5 Å². The highest BCUT2D eigenvalue weighted by Gasteiger charge is 2.26. The van der Waals surface area contributed by atoms with E-state index in [1.54, 1.807) is 12.1 Å². The van der Waals surface area contributed by atoms with E-state index in [1.165, 1.54) is 0 Å². The van der Waals surface area contributed by atoms with Gasteiger partial charge in [-0.1, -0.05) is 19.1 Å². The molecular formula is C16H22N4O2S. The summed E-state index contributed by atoms with van der Waals surface area (Å²) >= 11 is 0. The van der Waals surface area contributed by atoms with Crippen molar-refractivity contribution in [1.29, 1.82) is 0 Å². The Morgan fingerprint density at radius 3 is 2.87 bits per heavy atom. The second-order valence-corrected chi connectivity index (χ2v) is 7.39. The molecule has 0 amide bonds. The van der Waals surface area contributed by atoms with Crippen molar-refractivity contribution in [2.45, 2.75) is 37.1 Å². The number of primary sulfonamides is 1. The number of piperidine rings is 1. The number of aryl methyl sites for hydroxylation is 1. The summed E-state index contributed by atoms with van der Waals surface area (Å²) in [6, 6.07) is 7.26. The van der Waals surface area contributed by atoms with Crippen LogP contribution in [0, 0.1) is 0 Å². The molecule has 0 bridgehead atoms. The fourth-order valence-corrected chi connectivity index (χ4v) is 4.07. The van der Waals surface area contributed by atoms with Gasteiger partial charge in [-0.2, -0.15) is 0 Å². The number of nitrogens with two attached hydrogens (primary N) is 1. The average molecular weight is 334 g/mol. The number of nitrogens with zero attached hydrogens (tertiary/aromatic N) is 3. The Kier molecular flexibility index (Phi) is 4.41. The maximum Gasteiger partial charge on any atom is 0.240 e. The molecule has 2 aromatic rings. The number of sulfonamides is 1. The Labute approximate surface area is 137 Å². The lowest BCUT2D eigenvalue weighted by Gasteiger charge is -2.36. The third kappa shape index (κ3) is 3.25. The van der Waals surface area contributed by atoms with Gasteiger partial charge in [0.05, 0.1) is 11.7 Å². The van der Waals surface area contributed by atoms with E-state index in [2.05, 4.69) is 21.4 Å². The lowest BCUT2D eigenvalue weighted by atomic mass is 10.0. The topological polar surface area (TPSA) is 81.2 Å². The molecule has 0 spiro atoms. The van der Waals surface area contributed by atoms with E-state index in [-0.39, 0.29) is 4.90 Å². The van der Waals surface area contributed by atoms with Gasteiger partial charge >= 0.3 is 0 Å². The van der Waals surface area contributed by atoms with E-state index < -0.39 is 10.0 Å². The third-order valence-electron chi connectivity index (χ3n) is 4.37. The predicted octanol–water partition coefficient (Wildman–Crippen LogP) is 1.93. The Morgan fingerprint density at radius 1 is 1.35 bits per heavy atom. The number of hydrogen-bond donors (Lipinski definition) is 1. The Balaban J connectivity index is 1.91. The van der Waals surface area contributed by atoms with Crippen molar-refractivity contribution in [2.24, 2.45) is 5.14 Å². The summed E-state index contributed by atoms with van der Waals surface area (Å²) in [5, 5.41) is 5.37. The fraction of sp³-hybridized carbons (Fsp3) is 0.438. The lowest BCUT2D eigenvalue weighted by Crippen LogP contribution is -2.38. The summed E-state index contributed by atoms with van der Waals surface area (Å²) in [5.74, 6) is 1.07. The minimum atomic E-state index is -3.73. The molecule has 0 saturated carbocycles. The van der Waals surface area contributed by atoms with Crippen LogP contribution in [0.2, 0.25) is 0 Å². The number of imidazole rings is 1. The Hall–Kier alpha value is -1.86. The molecule has 1 aliphatic heterocycles. The summed E-state index contributed by atoms with van der Waals surface area (Å²) in [4.78, 5) is 6.71. The van der Waals surface area contributed by atoms with Gasteiger partial charge in [0.25, 0.3) is 0 Å². The molecule has 23 heavy (non-hydrogen) atoms. The zero-order chi connectivity index (χ0) is 16.4. The third-order valence-corrected chi connectivity index (χ3v) is 5.33. The molecule has 2 heterocycles. The van der Waals surface area contributed by atoms with E-state index in [1.807, 2.05) is 24.5 Å². The highest BCUT2D eigenvalue weighted by Crippen LogP contribution is 2.30. The van der Waals surface area contributed by atoms with E-state index in [4.69, 9.17) is 5.14 Å². The van der Waals surface area contributed by atoms with Crippen molar-refractivity contribution in [1.82, 2.24) is 9.55 Å². The minimum Gasteiger partial charge on any atom is -0.368 e. The number of rotatable bonds is 4. The molecule has 1 saturated heterocycles. The van der Waals surface area contributed by atoms with Crippen molar-refractivity contribution < 1.29 is 8.42 Å². The first-order valence-electron chi connectivity index (χ1n) is 7.89. The summed E-state index contributed by atoms with van der Waals surface area (Å²) in [6.45, 7) is 3.69. The van der Waals surface area contributed by atoms with Crippen LogP contribution in [0.5, 0.6) is 0 Å². The normalized spacial score (nSPS) is 19.0. The number of benzene rings is 1. The molecule has 6 nitrogen and oxygen atoms in total. The Bertz CT molecular complexity index is 785. The molecule has 7 heteroatoms. The monoisotopic (exact) mass is 334 g/mol. The van der Waals surface area contributed by atoms with Crippen LogP contribution in [0.1, 0.15) is 31.6 Å². The molecule has 1 aromatic heterocycles. The summed E-state index contributed by atoms with van der Waals surface area (Å²) < 4.78 is 25.9. The largest absolute Gasteiger partial charge is 0.368 e. The Morgan fingerprint density at radius 2 is 2.13 bits per heavy atom. The van der Waals surface area contributed by atoms with E-state index in [9.17, 15) is 8.42 Å². The molecule has 1 atom stereocenters. The molecular weight excluding hydrogens is 312 g/mol. The van der Waals surface area contributed by atoms with Crippen molar-refractivity contribution in [3.8, 4) is 0 Å². The molecule has 1 unspecified atom stereocenters. The van der Waals surface area contributed by atoms with Crippen LogP contribution >= 0.6 is 0 Å². The van der Waals surface area contributed by atoms with Gasteiger partial charge in [0.2, 0.25) is 10.0 Å². The highest BCUT2D eigenvalue weighted by atomic mass is 32.2. The summed E-state index contributed by atoms with van der Waals surface area (Å²) in [7, 11) is -3.73. The second kappa shape index (κ2) is 6.33. The maximum atomic E-state index is 11.8. The van der Waals surface area contributed by atoms with Gasteiger partial charge < -0.3 is 9.47 Å². The molecule has 1 aliphatic rings. The lowest BCUT2D eigenvalue weighted by molar-refractivity contribution is 0.395. The van der Waals surface area contributed by atoms with Gasteiger partial charge in [-0.05, 0) is 25.0 Å². The molecule has 2 N–H and O–H groups in total. The van der Waals surface area contributed by atoms with Crippen LogP contribution in [0.4, 0.5) is 5.69 Å². The van der Waals surface area contributed by atoms with Crippen LogP contribution in [0.3, 0.4) is 0 Å². The molecule has 124 valence electrons. The summed E-state index contributed by atoms with van der Waals surface area (Å²) in [6.07, 6.45) is 6.80. The average Bonchev–Trinajstić information content (AvgIpc) is 3.03. The summed E-state index contributed by atoms with van der Waals surface area (Å²) in [5.41, 5.74) is 0.692. The van der Waals surface area contributed by atoms with Gasteiger partial charge in [0, 0.05) is 31.9 Å². The van der Waals surface area contributed by atoms with Crippen LogP contribution in [-0.4, -0.2) is 31.1 Å². The molecule has 3 rings (SSSR count). The first-order chi connectivity index (χ1) is 11.0. The SMILES string of the molecule is CCc1nccn1C1CCCN(c2ccccc2S(N)(=O)=O)C1. The highest BCUT2D eigenvalue weighted by molar-refractivity contribution is 7.89. The standard InChI is InChI=1S/C16H22N4O2S/c1-2-16-18-9-11-20(16)13-6-5-10-19(12-13)14-7-3-4-8-15(14)23(17,21)22/h3-4,7-9,11,13H,2,5-6,10,12H2,1H3,(H2,17,21,22). The molecule has 0 radical (unpaired) electrons. The number of hydrogen-bond acceptors (Lipinski definition) is 4. The minimum absolute atomic E-state index is 0.196. The number of anilines is 1. The van der Waals surface area contributed by atoms with E-state index >= 15 is 0 Å². The zero-order valence-electron chi connectivity index (χ0n) is 13.2. The molecule has 0 aliphatic carbocycles. The van der Waals surface area contributed by atoms with Crippen molar-refractivity contribution in [3.05, 3.63) is 42.5 Å². The van der Waals surface area contributed by atoms with Crippen molar-refractivity contribution in [2.75, 3.05) is 18.0 Å². The van der Waals surface area contributed by atoms with Crippen LogP contribution in [0.25, 0.3) is 0 Å². The fourth-order valence-electron chi connectivity index (χ4n) is 3.31. The van der Waals surface area contributed by atoms with Gasteiger partial charge in [0.1, 0.15) is 10.7 Å². The first kappa shape index (κ1) is 16.0. The number of aromatic nitrogens is 2. The van der Waals surface area contributed by atoms with Crippen LogP contribution in [-0.2, 0) is 16.4 Å². The second-order valence-electron chi connectivity index (χ2n) is 5.86. The van der Waals surface area contributed by atoms with Crippen molar-refractivity contribution >= 4 is 15.7 Å². The van der Waals surface area contributed by atoms with E-state index in [0.717, 1.165) is 38.2 Å². The van der Waals surface area contributed by atoms with Gasteiger partial charge in [-0.15, -0.1) is 0 Å². The smallest absolute Gasteiger partial charge is 0.240 e. The van der Waals surface area contributed by atoms with Crippen molar-refractivity contribution in [3.63, 3.8) is 0 Å². The molecule has 1 fully saturated rings. The van der Waals surface area contributed by atoms with E-state index in [0.29, 0.717) is 11.7 Å². The zero-order valence-corrected chi connectivity index (χ0v) is 14.0. The maximum absolute atomic E-state index is 11.8. The van der Waals surface area contributed by atoms with Gasteiger partial charge in [0.15, 0.2) is 0 Å². The predicted molar refractivity (Wildman–Crippen MR) is 89.9 cm³/mol. The first-order valence-corrected chi connectivity index (χ1v) is 9.44. The van der Waals surface area contributed by atoms with Crippen LogP contribution in [0.15, 0.2) is 41.6 Å². The van der Waals surface area contributed by atoms with Crippen LogP contribution < -0.4 is 10.0 Å². The molecule has 1 aromatic carbocycles. The van der Waals surface area contributed by atoms with Gasteiger partial charge in [-0.3, -0.25) is 0 Å². The quantitative estimate of drug-likeness (QED) is 0.926. The number of para-hydroxylation sites is 1.